The van der Waals surface area contributed by atoms with Crippen LogP contribution in [0.3, 0.4) is 0 Å². The summed E-state index contributed by atoms with van der Waals surface area (Å²) in [5, 5.41) is 0. The van der Waals surface area contributed by atoms with Crippen LogP contribution in [0.1, 0.15) is 30.1 Å². The van der Waals surface area contributed by atoms with Gasteiger partial charge in [-0.2, -0.15) is 0 Å². The van der Waals surface area contributed by atoms with Gasteiger partial charge in [0.25, 0.3) is 0 Å². The number of hydrogen-bond donors (Lipinski definition) is 0. The molecular weight excluding hydrogens is 388 g/mol. The highest BCUT2D eigenvalue weighted by Crippen LogP contribution is 2.31. The van der Waals surface area contributed by atoms with Gasteiger partial charge in [-0.25, -0.2) is 0 Å². The number of ether oxygens (including phenoxy) is 5. The fourth-order valence-corrected chi connectivity index (χ4v) is 2.53. The first-order valence-electron chi connectivity index (χ1n) is 9.76. The Morgan fingerprint density at radius 1 is 1.03 bits per heavy atom. The van der Waals surface area contributed by atoms with E-state index in [0.717, 1.165) is 0 Å². The van der Waals surface area contributed by atoms with Gasteiger partial charge in [0.15, 0.2) is 29.9 Å². The number of carbonyl (C=O) groups is 2. The van der Waals surface area contributed by atoms with Crippen molar-refractivity contribution >= 4 is 11.6 Å². The summed E-state index contributed by atoms with van der Waals surface area (Å²) in [6.45, 7) is 3.84. The molecule has 0 amide bonds. The predicted molar refractivity (Wildman–Crippen MR) is 112 cm³/mol. The Hall–Kier alpha value is -2.90. The summed E-state index contributed by atoms with van der Waals surface area (Å²) in [5.41, 5.74) is 1.10. The molecule has 30 heavy (non-hydrogen) atoms. The second-order valence-corrected chi connectivity index (χ2v) is 6.45. The third-order valence-corrected chi connectivity index (χ3v) is 4.21. The van der Waals surface area contributed by atoms with E-state index >= 15 is 0 Å². The summed E-state index contributed by atoms with van der Waals surface area (Å²) in [6, 6.07) is 5.09. The molecule has 0 unspecified atom stereocenters. The van der Waals surface area contributed by atoms with E-state index in [1.54, 1.807) is 56.5 Å². The van der Waals surface area contributed by atoms with E-state index in [1.165, 1.54) is 6.26 Å². The molecule has 0 fully saturated rings. The van der Waals surface area contributed by atoms with Gasteiger partial charge >= 0.3 is 0 Å². The average molecular weight is 416 g/mol. The van der Waals surface area contributed by atoms with Crippen LogP contribution in [0, 0.1) is 0 Å². The minimum absolute atomic E-state index is 0.0719. The van der Waals surface area contributed by atoms with Gasteiger partial charge in [-0.05, 0) is 36.8 Å². The van der Waals surface area contributed by atoms with Crippen molar-refractivity contribution in [3.05, 3.63) is 59.9 Å². The second kappa shape index (κ2) is 13.3. The number of Topliss-reactive ketones (excluding diaryl/α,β-unsaturated/α-hetero) is 2. The van der Waals surface area contributed by atoms with Gasteiger partial charge in [0.05, 0.1) is 19.5 Å². The lowest BCUT2D eigenvalue weighted by atomic mass is 10.0. The minimum atomic E-state index is -0.100. The van der Waals surface area contributed by atoms with E-state index < -0.39 is 0 Å². The molecule has 0 atom stereocenters. The number of rotatable bonds is 13. The third kappa shape index (κ3) is 8.23. The second-order valence-electron chi connectivity index (χ2n) is 6.45. The van der Waals surface area contributed by atoms with Crippen LogP contribution in [0.4, 0.5) is 0 Å². The molecule has 1 aliphatic heterocycles. The van der Waals surface area contributed by atoms with E-state index in [-0.39, 0.29) is 31.2 Å². The molecule has 1 heterocycles. The van der Waals surface area contributed by atoms with Crippen LogP contribution in [0.15, 0.2) is 54.3 Å². The summed E-state index contributed by atoms with van der Waals surface area (Å²) >= 11 is 0. The van der Waals surface area contributed by atoms with Crippen LogP contribution in [0.5, 0.6) is 11.5 Å². The predicted octanol–water partition coefficient (Wildman–Crippen LogP) is 3.64. The number of fused-ring (bicyclic) bond motifs is 1. The maximum Gasteiger partial charge on any atom is 0.188 e. The zero-order valence-corrected chi connectivity index (χ0v) is 17.4. The van der Waals surface area contributed by atoms with Crippen LogP contribution in [-0.2, 0) is 19.0 Å². The van der Waals surface area contributed by atoms with Crippen molar-refractivity contribution in [1.29, 1.82) is 0 Å². The topological polar surface area (TPSA) is 80.3 Å². The van der Waals surface area contributed by atoms with E-state index in [0.29, 0.717) is 49.1 Å². The highest BCUT2D eigenvalue weighted by atomic mass is 16.7. The van der Waals surface area contributed by atoms with Gasteiger partial charge in [-0.15, -0.1) is 0 Å². The first-order valence-corrected chi connectivity index (χ1v) is 9.76. The van der Waals surface area contributed by atoms with Crippen LogP contribution >= 0.6 is 0 Å². The van der Waals surface area contributed by atoms with Crippen molar-refractivity contribution in [3.8, 4) is 11.5 Å². The molecule has 0 aromatic heterocycles. The van der Waals surface area contributed by atoms with Gasteiger partial charge in [0.2, 0.25) is 0 Å². The largest absolute Gasteiger partial charge is 0.486 e. The Morgan fingerprint density at radius 2 is 1.83 bits per heavy atom. The molecule has 0 saturated heterocycles. The van der Waals surface area contributed by atoms with Crippen LogP contribution < -0.4 is 9.47 Å². The summed E-state index contributed by atoms with van der Waals surface area (Å²) in [4.78, 5) is 24.6. The SMILES string of the molecule is COCCOCO/C=C/C=C\C=C(/C)C(=O)CCC(=O)c1ccc2c(c1)OCCO2. The number of benzene rings is 1. The maximum absolute atomic E-state index is 12.4. The molecule has 7 nitrogen and oxygen atoms in total. The maximum atomic E-state index is 12.4. The number of methoxy groups -OCH3 is 1. The average Bonchev–Trinajstić information content (AvgIpc) is 2.77. The molecular formula is C23H28O7. The summed E-state index contributed by atoms with van der Waals surface area (Å²) in [7, 11) is 1.60. The summed E-state index contributed by atoms with van der Waals surface area (Å²) in [6.07, 6.45) is 8.68. The number of ketones is 2. The Morgan fingerprint density at radius 3 is 2.63 bits per heavy atom. The molecule has 0 N–H and O–H groups in total. The van der Waals surface area contributed by atoms with Gasteiger partial charge in [-0.1, -0.05) is 18.2 Å². The molecule has 1 aromatic rings. The summed E-state index contributed by atoms with van der Waals surface area (Å²) in [5.74, 6) is 1.03. The van der Waals surface area contributed by atoms with Crippen molar-refractivity contribution in [1.82, 2.24) is 0 Å². The van der Waals surface area contributed by atoms with Gasteiger partial charge in [0, 0.05) is 25.5 Å². The van der Waals surface area contributed by atoms with Gasteiger partial charge in [-0.3, -0.25) is 9.59 Å². The molecule has 2 rings (SSSR count). The Labute approximate surface area is 176 Å². The van der Waals surface area contributed by atoms with Crippen molar-refractivity contribution in [2.45, 2.75) is 19.8 Å². The molecule has 7 heteroatoms. The molecule has 162 valence electrons. The molecule has 0 aliphatic carbocycles. The molecule has 0 radical (unpaired) electrons. The third-order valence-electron chi connectivity index (χ3n) is 4.21. The first-order chi connectivity index (χ1) is 14.6. The fraction of sp³-hybridized carbons (Fsp3) is 0.391. The molecule has 1 aromatic carbocycles. The number of hydrogen-bond acceptors (Lipinski definition) is 7. The molecule has 0 saturated carbocycles. The van der Waals surface area contributed by atoms with Gasteiger partial charge < -0.3 is 23.7 Å². The standard InChI is InChI=1S/C23H28O7/c1-18(6-4-3-5-11-27-17-28-13-12-26-2)20(24)8-9-21(25)19-7-10-22-23(16-19)30-15-14-29-22/h3-7,10-11,16H,8-9,12-15,17H2,1-2H3/b4-3-,11-5+,18-6+. The number of allylic oxidation sites excluding steroid dienone is 5. The Balaban J connectivity index is 1.71. The normalized spacial score (nSPS) is 13.7. The van der Waals surface area contributed by atoms with Crippen LogP contribution in [0.2, 0.25) is 0 Å². The van der Waals surface area contributed by atoms with Gasteiger partial charge in [0.1, 0.15) is 13.2 Å². The minimum Gasteiger partial charge on any atom is -0.486 e. The lowest BCUT2D eigenvalue weighted by Gasteiger charge is -2.18. The van der Waals surface area contributed by atoms with E-state index in [4.69, 9.17) is 23.7 Å². The van der Waals surface area contributed by atoms with Crippen molar-refractivity contribution < 1.29 is 33.3 Å². The zero-order chi connectivity index (χ0) is 21.6. The quantitative estimate of drug-likeness (QED) is 0.121. The van der Waals surface area contributed by atoms with Crippen molar-refractivity contribution in [2.75, 3.05) is 40.3 Å². The zero-order valence-electron chi connectivity index (χ0n) is 17.4. The van der Waals surface area contributed by atoms with Crippen molar-refractivity contribution in [2.24, 2.45) is 0 Å². The van der Waals surface area contributed by atoms with E-state index in [1.807, 2.05) is 0 Å². The van der Waals surface area contributed by atoms with E-state index in [2.05, 4.69) is 0 Å². The lowest BCUT2D eigenvalue weighted by molar-refractivity contribution is -0.115. The van der Waals surface area contributed by atoms with Crippen LogP contribution in [0.25, 0.3) is 0 Å². The highest BCUT2D eigenvalue weighted by Gasteiger charge is 2.16. The number of carbonyl (C=O) groups excluding carboxylic acids is 2. The molecule has 0 bridgehead atoms. The lowest BCUT2D eigenvalue weighted by Crippen LogP contribution is -2.16. The summed E-state index contributed by atoms with van der Waals surface area (Å²) < 4.78 is 26.0. The monoisotopic (exact) mass is 416 g/mol. The van der Waals surface area contributed by atoms with Crippen molar-refractivity contribution in [3.63, 3.8) is 0 Å². The Kier molecular flexibility index (Phi) is 10.4. The fourth-order valence-electron chi connectivity index (χ4n) is 2.53. The Bertz CT molecular complexity index is 793. The smallest absolute Gasteiger partial charge is 0.188 e. The van der Waals surface area contributed by atoms with Crippen LogP contribution in [-0.4, -0.2) is 51.9 Å². The molecule has 0 spiro atoms. The van der Waals surface area contributed by atoms with E-state index in [9.17, 15) is 9.59 Å². The first kappa shape index (κ1) is 23.4. The highest BCUT2D eigenvalue weighted by molar-refractivity contribution is 6.02. The molecule has 1 aliphatic rings.